The van der Waals surface area contributed by atoms with E-state index in [2.05, 4.69) is 204 Å². The van der Waals surface area contributed by atoms with Gasteiger partial charge in [0.05, 0.1) is 24.8 Å². The van der Waals surface area contributed by atoms with Crippen LogP contribution < -0.4 is 14.3 Å². The van der Waals surface area contributed by atoms with E-state index < -0.39 is 13.7 Å². The van der Waals surface area contributed by atoms with Crippen LogP contribution in [-0.4, -0.2) is 12.6 Å². The maximum absolute atomic E-state index is 7.10. The molecular formula is C52H55N3OSi+2. The first-order chi connectivity index (χ1) is 27.0. The number of rotatable bonds is 4. The normalized spacial score (nSPS) is 16.3. The number of hydrogen-bond acceptors (Lipinski definition) is 1. The minimum Gasteiger partial charge on any atom is -0.455 e. The molecule has 0 N–H and O–H groups in total. The molecular weight excluding hydrogens is 711 g/mol. The van der Waals surface area contributed by atoms with E-state index in [1.807, 2.05) is 0 Å². The van der Waals surface area contributed by atoms with Gasteiger partial charge >= 0.3 is 11.5 Å². The predicted molar refractivity (Wildman–Crippen MR) is 239 cm³/mol. The van der Waals surface area contributed by atoms with Gasteiger partial charge in [-0.25, -0.2) is 0 Å². The lowest BCUT2D eigenvalue weighted by molar-refractivity contribution is -0.944. The van der Waals surface area contributed by atoms with Gasteiger partial charge in [-0.15, -0.1) is 9.13 Å². The molecule has 0 bridgehead atoms. The summed E-state index contributed by atoms with van der Waals surface area (Å²) < 4.78 is 15.1. The summed E-state index contributed by atoms with van der Waals surface area (Å²) in [5.74, 6) is 1.71. The molecule has 0 fully saturated rings. The lowest BCUT2D eigenvalue weighted by atomic mass is 9.82. The molecule has 0 aliphatic carbocycles. The molecule has 5 aromatic carbocycles. The van der Waals surface area contributed by atoms with E-state index in [4.69, 9.17) is 4.42 Å². The smallest absolute Gasteiger partial charge is 0.364 e. The number of pyridine rings is 1. The van der Waals surface area contributed by atoms with E-state index in [1.54, 1.807) is 0 Å². The molecule has 1 atom stereocenters. The molecule has 2 aliphatic rings. The summed E-state index contributed by atoms with van der Waals surface area (Å²) in [6, 6.07) is 41.3. The Labute approximate surface area is 338 Å². The Morgan fingerprint density at radius 3 is 2.19 bits per heavy atom. The molecule has 0 amide bonds. The maximum atomic E-state index is 7.10. The number of aromatic nitrogens is 3. The number of para-hydroxylation sites is 4. The van der Waals surface area contributed by atoms with Crippen molar-refractivity contribution in [2.24, 2.45) is 5.92 Å². The third kappa shape index (κ3) is 4.97. The predicted octanol–water partition coefficient (Wildman–Crippen LogP) is 11.7. The third-order valence-corrected chi connectivity index (χ3v) is 14.8. The van der Waals surface area contributed by atoms with E-state index in [0.29, 0.717) is 5.92 Å². The van der Waals surface area contributed by atoms with Crippen molar-refractivity contribution in [1.29, 1.82) is 0 Å². The summed E-state index contributed by atoms with van der Waals surface area (Å²) in [6.45, 7) is 26.3. The van der Waals surface area contributed by atoms with Crippen molar-refractivity contribution in [1.82, 2.24) is 4.57 Å². The number of furan rings is 1. The highest BCUT2D eigenvalue weighted by atomic mass is 28.3. The molecule has 3 aromatic heterocycles. The van der Waals surface area contributed by atoms with Crippen molar-refractivity contribution in [3.63, 3.8) is 0 Å². The van der Waals surface area contributed by atoms with Gasteiger partial charge < -0.3 is 4.42 Å². The zero-order valence-electron chi connectivity index (χ0n) is 35.5. The second kappa shape index (κ2) is 11.9. The van der Waals surface area contributed by atoms with E-state index >= 15 is 0 Å². The Bertz CT molecular complexity index is 2980. The van der Waals surface area contributed by atoms with Crippen LogP contribution in [0.25, 0.3) is 61.3 Å². The Morgan fingerprint density at radius 1 is 0.737 bits per heavy atom. The van der Waals surface area contributed by atoms with Crippen molar-refractivity contribution in [3.8, 4) is 28.3 Å². The van der Waals surface area contributed by atoms with Gasteiger partial charge in [0.25, 0.3) is 0 Å². The first kappa shape index (κ1) is 36.1. The van der Waals surface area contributed by atoms with E-state index in [0.717, 1.165) is 39.7 Å². The number of imidazole rings is 1. The van der Waals surface area contributed by atoms with Crippen molar-refractivity contribution in [2.45, 2.75) is 97.9 Å². The van der Waals surface area contributed by atoms with Gasteiger partial charge in [-0.2, -0.15) is 4.57 Å². The molecule has 10 rings (SSSR count). The summed E-state index contributed by atoms with van der Waals surface area (Å²) in [6.07, 6.45) is 3.66. The van der Waals surface area contributed by atoms with E-state index in [9.17, 15) is 0 Å². The minimum absolute atomic E-state index is 0.0424. The van der Waals surface area contributed by atoms with Gasteiger partial charge in [0.1, 0.15) is 16.8 Å². The molecule has 0 saturated carbocycles. The Morgan fingerprint density at radius 2 is 1.46 bits per heavy atom. The molecule has 4 nitrogen and oxygen atoms in total. The van der Waals surface area contributed by atoms with Crippen LogP contribution in [0, 0.1) is 5.92 Å². The average molecular weight is 766 g/mol. The van der Waals surface area contributed by atoms with Crippen LogP contribution in [0.2, 0.25) is 19.6 Å². The lowest BCUT2D eigenvalue weighted by Gasteiger charge is -2.25. The Hall–Kier alpha value is -5.26. The van der Waals surface area contributed by atoms with Gasteiger partial charge in [-0.05, 0) is 82.8 Å². The highest BCUT2D eigenvalue weighted by Gasteiger charge is 2.67. The minimum atomic E-state index is -1.83. The van der Waals surface area contributed by atoms with Crippen molar-refractivity contribution < 1.29 is 13.6 Å². The SMILES string of the molecule is CC(C)Cc1cc2[n+](cc1[Si](C)(C)C)C1(c3cc(C(C)(C)C)ccc3-2)c2ccc3c(oc4ccccc43)c2-c2n(-c3ccccc3C(C)(C)C)c3ccccc3[n+]21. The fourth-order valence-electron chi connectivity index (χ4n) is 10.2. The van der Waals surface area contributed by atoms with Crippen molar-refractivity contribution in [2.75, 3.05) is 0 Å². The second-order valence-corrected chi connectivity index (χ2v) is 25.3. The number of fused-ring (bicyclic) bond motifs is 16. The quantitative estimate of drug-likeness (QED) is 0.129. The van der Waals surface area contributed by atoms with Crippen LogP contribution in [0.3, 0.4) is 0 Å². The first-order valence-corrected chi connectivity index (χ1v) is 24.4. The number of benzene rings is 5. The van der Waals surface area contributed by atoms with Gasteiger partial charge in [0, 0.05) is 27.6 Å². The summed E-state index contributed by atoms with van der Waals surface area (Å²) in [4.78, 5) is 0. The molecule has 0 radical (unpaired) electrons. The molecule has 2 aliphatic heterocycles. The van der Waals surface area contributed by atoms with Crippen LogP contribution in [0.5, 0.6) is 0 Å². The van der Waals surface area contributed by atoms with Crippen LogP contribution in [0.1, 0.15) is 83.2 Å². The first-order valence-electron chi connectivity index (χ1n) is 20.9. The van der Waals surface area contributed by atoms with E-state index in [1.165, 1.54) is 61.0 Å². The van der Waals surface area contributed by atoms with Crippen LogP contribution in [0.4, 0.5) is 0 Å². The zero-order valence-corrected chi connectivity index (χ0v) is 36.5. The zero-order chi connectivity index (χ0) is 40.0. The fourth-order valence-corrected chi connectivity index (χ4v) is 11.9. The van der Waals surface area contributed by atoms with Crippen molar-refractivity contribution in [3.05, 3.63) is 143 Å². The molecule has 0 saturated heterocycles. The summed E-state index contributed by atoms with van der Waals surface area (Å²) in [5.41, 5.74) is 15.1. The average Bonchev–Trinajstić information content (AvgIpc) is 3.86. The number of nitrogens with zero attached hydrogens (tertiary/aromatic N) is 3. The molecule has 1 unspecified atom stereocenters. The number of hydrogen-bond donors (Lipinski definition) is 0. The maximum Gasteiger partial charge on any atom is 0.364 e. The monoisotopic (exact) mass is 765 g/mol. The third-order valence-electron chi connectivity index (χ3n) is 12.7. The fraction of sp³-hybridized carbons (Fsp3) is 0.308. The summed E-state index contributed by atoms with van der Waals surface area (Å²) in [5, 5.41) is 3.83. The molecule has 286 valence electrons. The van der Waals surface area contributed by atoms with Gasteiger partial charge in [0.15, 0.2) is 22.8 Å². The van der Waals surface area contributed by atoms with Crippen LogP contribution >= 0.6 is 0 Å². The lowest BCUT2D eigenvalue weighted by Crippen LogP contribution is -2.72. The highest BCUT2D eigenvalue weighted by molar-refractivity contribution is 6.89. The molecule has 5 heterocycles. The summed E-state index contributed by atoms with van der Waals surface area (Å²) >= 11 is 0. The van der Waals surface area contributed by atoms with Crippen molar-refractivity contribution >= 4 is 46.2 Å². The van der Waals surface area contributed by atoms with Crippen LogP contribution in [0.15, 0.2) is 120 Å². The Kier molecular flexibility index (Phi) is 7.53. The summed E-state index contributed by atoms with van der Waals surface area (Å²) in [7, 11) is -1.83. The molecule has 8 aromatic rings. The van der Waals surface area contributed by atoms with E-state index in [-0.39, 0.29) is 10.8 Å². The second-order valence-electron chi connectivity index (χ2n) is 20.2. The Balaban J connectivity index is 1.48. The molecule has 57 heavy (non-hydrogen) atoms. The highest BCUT2D eigenvalue weighted by Crippen LogP contribution is 2.53. The van der Waals surface area contributed by atoms with Gasteiger partial charge in [0.2, 0.25) is 5.69 Å². The van der Waals surface area contributed by atoms with Gasteiger partial charge in [-0.3, -0.25) is 0 Å². The standard InChI is InChI=1S/C52H55N3OSi/c1-32(2)28-33-29-44-37-25-24-34(50(3,4)5)30-40(37)52(53(44)31-46(33)57(9,10)11)39-27-26-36-35-18-12-17-23-45(35)56-48(36)47(39)49-54(42-21-15-16-22-43(42)55(49)52)41-20-14-13-19-38(41)51(6,7)8/h12-27,29-32H,28H2,1-11H3/q+2. The largest absolute Gasteiger partial charge is 0.455 e. The topological polar surface area (TPSA) is 25.8 Å². The van der Waals surface area contributed by atoms with Crippen LogP contribution in [-0.2, 0) is 22.9 Å². The van der Waals surface area contributed by atoms with Gasteiger partial charge in [-0.1, -0.05) is 130 Å². The molecule has 5 heteroatoms. The molecule has 1 spiro atoms.